The third-order valence-corrected chi connectivity index (χ3v) is 5.36. The van der Waals surface area contributed by atoms with Gasteiger partial charge in [0.2, 0.25) is 11.8 Å². The quantitative estimate of drug-likeness (QED) is 0.424. The van der Waals surface area contributed by atoms with Gasteiger partial charge in [0, 0.05) is 19.0 Å². The van der Waals surface area contributed by atoms with Crippen molar-refractivity contribution in [2.45, 2.75) is 57.8 Å². The maximum absolute atomic E-state index is 12.6. The third-order valence-electron chi connectivity index (χ3n) is 5.36. The van der Waals surface area contributed by atoms with E-state index in [2.05, 4.69) is 5.32 Å². The van der Waals surface area contributed by atoms with Gasteiger partial charge in [-0.2, -0.15) is 13.2 Å². The minimum absolute atomic E-state index is 0.106. The zero-order chi connectivity index (χ0) is 26.8. The van der Waals surface area contributed by atoms with Crippen molar-refractivity contribution in [3.63, 3.8) is 0 Å². The number of carboxylic acids is 2. The number of rotatable bonds is 8. The number of amides is 2. The number of carboxylic acid groups (broad SMARTS) is 2. The molecule has 1 aromatic rings. The van der Waals surface area contributed by atoms with Gasteiger partial charge < -0.3 is 26.2 Å². The Morgan fingerprint density at radius 1 is 1.09 bits per heavy atom. The maximum Gasteiger partial charge on any atom is 0.490 e. The molecule has 2 rings (SSSR count). The van der Waals surface area contributed by atoms with E-state index in [1.165, 1.54) is 0 Å². The van der Waals surface area contributed by atoms with Crippen molar-refractivity contribution in [3.8, 4) is 0 Å². The Balaban J connectivity index is 0.000000762. The molecular weight excluding hydrogens is 471 g/mol. The molecule has 0 aliphatic carbocycles. The number of nitrogens with zero attached hydrogens (tertiary/aromatic N) is 1. The van der Waals surface area contributed by atoms with Crippen LogP contribution in [-0.4, -0.2) is 70.2 Å². The molecule has 0 aromatic heterocycles. The number of nitrogens with one attached hydrogen (secondary N) is 1. The maximum atomic E-state index is 12.6. The van der Waals surface area contributed by atoms with Crippen molar-refractivity contribution < 1.29 is 42.6 Å². The van der Waals surface area contributed by atoms with Crippen LogP contribution in [0.25, 0.3) is 0 Å². The summed E-state index contributed by atoms with van der Waals surface area (Å²) in [6, 6.07) is 8.17. The van der Waals surface area contributed by atoms with Gasteiger partial charge in [0.05, 0.1) is 6.04 Å². The predicted octanol–water partition coefficient (Wildman–Crippen LogP) is 2.04. The highest BCUT2D eigenvalue weighted by atomic mass is 19.4. The second kappa shape index (κ2) is 13.7. The molecule has 1 aliphatic heterocycles. The minimum atomic E-state index is -5.08. The van der Waals surface area contributed by atoms with Crippen LogP contribution in [0.3, 0.4) is 0 Å². The van der Waals surface area contributed by atoms with Crippen LogP contribution in [0.1, 0.15) is 38.7 Å². The van der Waals surface area contributed by atoms with E-state index in [0.717, 1.165) is 5.56 Å². The summed E-state index contributed by atoms with van der Waals surface area (Å²) in [7, 11) is 0. The molecule has 1 aromatic carbocycles. The lowest BCUT2D eigenvalue weighted by Gasteiger charge is -2.33. The number of hydrogen-bond acceptors (Lipinski definition) is 5. The summed E-state index contributed by atoms with van der Waals surface area (Å²) in [5.74, 6) is -4.22. The zero-order valence-electron chi connectivity index (χ0n) is 19.6. The van der Waals surface area contributed by atoms with E-state index in [0.29, 0.717) is 38.8 Å². The highest BCUT2D eigenvalue weighted by molar-refractivity contribution is 5.86. The first-order valence-corrected chi connectivity index (χ1v) is 11.1. The molecule has 0 spiro atoms. The van der Waals surface area contributed by atoms with E-state index < -0.39 is 30.2 Å². The van der Waals surface area contributed by atoms with Gasteiger partial charge in [0.25, 0.3) is 0 Å². The summed E-state index contributed by atoms with van der Waals surface area (Å²) >= 11 is 0. The predicted molar refractivity (Wildman–Crippen MR) is 120 cm³/mol. The number of benzene rings is 1. The molecule has 0 bridgehead atoms. The monoisotopic (exact) mass is 503 g/mol. The average molecular weight is 504 g/mol. The number of nitrogens with two attached hydrogens (primary N) is 1. The highest BCUT2D eigenvalue weighted by Gasteiger charge is 2.38. The fourth-order valence-electron chi connectivity index (χ4n) is 3.53. The van der Waals surface area contributed by atoms with Gasteiger partial charge in [-0.15, -0.1) is 0 Å². The Morgan fingerprint density at radius 2 is 1.60 bits per heavy atom. The molecule has 2 atom stereocenters. The van der Waals surface area contributed by atoms with Crippen LogP contribution >= 0.6 is 0 Å². The summed E-state index contributed by atoms with van der Waals surface area (Å²) in [4.78, 5) is 47.0. The summed E-state index contributed by atoms with van der Waals surface area (Å²) < 4.78 is 31.7. The molecule has 2 amide bonds. The SMILES string of the molecule is CC(C)C[C@H](NC(=O)C1CCN(C(=O)[C@@H](N)Cc2ccccc2)CC1)C(=O)O.O=C(O)C(F)(F)F. The lowest BCUT2D eigenvalue weighted by molar-refractivity contribution is -0.192. The van der Waals surface area contributed by atoms with E-state index in [4.69, 9.17) is 15.6 Å². The van der Waals surface area contributed by atoms with Gasteiger partial charge in [0.15, 0.2) is 0 Å². The van der Waals surface area contributed by atoms with E-state index in [-0.39, 0.29) is 23.7 Å². The molecule has 1 saturated heterocycles. The van der Waals surface area contributed by atoms with Gasteiger partial charge in [-0.25, -0.2) is 9.59 Å². The number of piperidine rings is 1. The number of hydrogen-bond donors (Lipinski definition) is 4. The topological polar surface area (TPSA) is 150 Å². The Bertz CT molecular complexity index is 856. The molecule has 0 radical (unpaired) electrons. The molecule has 1 fully saturated rings. The molecular formula is C23H32F3N3O6. The lowest BCUT2D eigenvalue weighted by atomic mass is 9.94. The van der Waals surface area contributed by atoms with Crippen molar-refractivity contribution >= 4 is 23.8 Å². The first kappa shape index (κ1) is 29.9. The second-order valence-electron chi connectivity index (χ2n) is 8.73. The summed E-state index contributed by atoms with van der Waals surface area (Å²) in [5, 5.41) is 19.1. The Kier molecular flexibility index (Phi) is 11.7. The molecule has 12 heteroatoms. The van der Waals surface area contributed by atoms with E-state index >= 15 is 0 Å². The number of carbonyl (C=O) groups excluding carboxylic acids is 2. The standard InChI is InChI=1S/C21H31N3O4.C2HF3O2/c1-14(2)12-18(21(27)28)23-19(25)16-8-10-24(11-9-16)20(26)17(22)13-15-6-4-3-5-7-15;3-2(4,5)1(6)7/h3-7,14,16-18H,8-13,22H2,1-2H3,(H,23,25)(H,27,28);(H,6,7)/t17-,18-;/m0./s1. The molecule has 9 nitrogen and oxygen atoms in total. The number of aliphatic carboxylic acids is 2. The smallest absolute Gasteiger partial charge is 0.480 e. The van der Waals surface area contributed by atoms with Crippen LogP contribution in [0.15, 0.2) is 30.3 Å². The molecule has 5 N–H and O–H groups in total. The van der Waals surface area contributed by atoms with Crippen molar-refractivity contribution in [1.29, 1.82) is 0 Å². The number of alkyl halides is 3. The van der Waals surface area contributed by atoms with Crippen LogP contribution in [-0.2, 0) is 25.6 Å². The summed E-state index contributed by atoms with van der Waals surface area (Å²) in [6.45, 7) is 4.76. The average Bonchev–Trinajstić information content (AvgIpc) is 2.78. The van der Waals surface area contributed by atoms with Gasteiger partial charge >= 0.3 is 18.1 Å². The van der Waals surface area contributed by atoms with Crippen LogP contribution in [0.4, 0.5) is 13.2 Å². The van der Waals surface area contributed by atoms with Crippen molar-refractivity contribution in [1.82, 2.24) is 10.2 Å². The van der Waals surface area contributed by atoms with Gasteiger partial charge in [0.1, 0.15) is 6.04 Å². The molecule has 1 aliphatic rings. The van der Waals surface area contributed by atoms with Crippen LogP contribution in [0, 0.1) is 11.8 Å². The highest BCUT2D eigenvalue weighted by Crippen LogP contribution is 2.19. The second-order valence-corrected chi connectivity index (χ2v) is 8.73. The number of carbonyl (C=O) groups is 4. The van der Waals surface area contributed by atoms with Crippen molar-refractivity contribution in [2.24, 2.45) is 17.6 Å². The molecule has 196 valence electrons. The fourth-order valence-corrected chi connectivity index (χ4v) is 3.53. The van der Waals surface area contributed by atoms with Crippen LogP contribution in [0.5, 0.6) is 0 Å². The molecule has 0 unspecified atom stereocenters. The van der Waals surface area contributed by atoms with Gasteiger partial charge in [-0.3, -0.25) is 9.59 Å². The third kappa shape index (κ3) is 10.8. The molecule has 0 saturated carbocycles. The van der Waals surface area contributed by atoms with E-state index in [9.17, 15) is 32.7 Å². The molecule has 35 heavy (non-hydrogen) atoms. The Labute approximate surface area is 201 Å². The zero-order valence-corrected chi connectivity index (χ0v) is 19.6. The van der Waals surface area contributed by atoms with Crippen LogP contribution < -0.4 is 11.1 Å². The molecule has 1 heterocycles. The number of likely N-dealkylation sites (tertiary alicyclic amines) is 1. The first-order chi connectivity index (χ1) is 16.2. The Morgan fingerprint density at radius 3 is 2.03 bits per heavy atom. The minimum Gasteiger partial charge on any atom is -0.480 e. The van der Waals surface area contributed by atoms with Gasteiger partial charge in [-0.1, -0.05) is 44.2 Å². The normalized spacial score (nSPS) is 16.0. The van der Waals surface area contributed by atoms with Crippen molar-refractivity contribution in [2.75, 3.05) is 13.1 Å². The summed E-state index contributed by atoms with van der Waals surface area (Å²) in [5.41, 5.74) is 7.10. The summed E-state index contributed by atoms with van der Waals surface area (Å²) in [6.07, 6.45) is -3.17. The fraction of sp³-hybridized carbons (Fsp3) is 0.565. The van der Waals surface area contributed by atoms with Gasteiger partial charge in [-0.05, 0) is 37.2 Å². The van der Waals surface area contributed by atoms with Crippen LogP contribution in [0.2, 0.25) is 0 Å². The Hall–Kier alpha value is -3.15. The lowest BCUT2D eigenvalue weighted by Crippen LogP contribution is -2.51. The van der Waals surface area contributed by atoms with Crippen molar-refractivity contribution in [3.05, 3.63) is 35.9 Å². The first-order valence-electron chi connectivity index (χ1n) is 11.1. The largest absolute Gasteiger partial charge is 0.490 e. The number of halogens is 3. The van der Waals surface area contributed by atoms with E-state index in [1.54, 1.807) is 4.90 Å². The van der Waals surface area contributed by atoms with E-state index in [1.807, 2.05) is 44.2 Å².